The minimum atomic E-state index is -4.71. The Morgan fingerprint density at radius 3 is 2.23 bits per heavy atom. The molecular weight excluding hydrogens is 295 g/mol. The third-order valence-electron chi connectivity index (χ3n) is 3.36. The van der Waals surface area contributed by atoms with E-state index in [1.165, 1.54) is 19.2 Å². The maximum atomic E-state index is 12.5. The Balaban J connectivity index is 3.22. The fourth-order valence-corrected chi connectivity index (χ4v) is 2.16. The van der Waals surface area contributed by atoms with Gasteiger partial charge in [0.15, 0.2) is 0 Å². The molecule has 1 rings (SSSR count). The molecule has 1 atom stereocenters. The summed E-state index contributed by atoms with van der Waals surface area (Å²) in [6, 6.07) is 4.67. The van der Waals surface area contributed by atoms with E-state index in [2.05, 4.69) is 4.74 Å². The van der Waals surface area contributed by atoms with E-state index in [-0.39, 0.29) is 17.3 Å². The van der Waals surface area contributed by atoms with E-state index in [1.54, 1.807) is 0 Å². The Morgan fingerprint density at radius 1 is 1.14 bits per heavy atom. The van der Waals surface area contributed by atoms with Crippen LogP contribution in [-0.4, -0.2) is 20.0 Å². The maximum Gasteiger partial charge on any atom is 0.573 e. The number of hydrogen-bond donors (Lipinski definition) is 1. The lowest BCUT2D eigenvalue weighted by molar-refractivity contribution is -0.274. The minimum Gasteiger partial charge on any atom is -0.406 e. The van der Waals surface area contributed by atoms with E-state index in [0.717, 1.165) is 12.0 Å². The van der Waals surface area contributed by atoms with E-state index in [0.29, 0.717) is 18.5 Å². The quantitative estimate of drug-likeness (QED) is 0.850. The normalized spacial score (nSPS) is 14.0. The van der Waals surface area contributed by atoms with Crippen molar-refractivity contribution in [2.45, 2.75) is 51.5 Å². The van der Waals surface area contributed by atoms with Gasteiger partial charge in [0, 0.05) is 7.11 Å². The van der Waals surface area contributed by atoms with E-state index < -0.39 is 6.36 Å². The SMILES string of the molecule is COC(CCCN)c1cc(OC(F)(F)F)cc(C(C)(C)C)c1. The second-order valence-corrected chi connectivity index (χ2v) is 6.24. The Hall–Kier alpha value is -1.27. The lowest BCUT2D eigenvalue weighted by atomic mass is 9.85. The highest BCUT2D eigenvalue weighted by Gasteiger charge is 2.32. The molecule has 0 fully saturated rings. The molecule has 0 amide bonds. The fourth-order valence-electron chi connectivity index (χ4n) is 2.16. The van der Waals surface area contributed by atoms with Gasteiger partial charge >= 0.3 is 6.36 Å². The number of benzene rings is 1. The summed E-state index contributed by atoms with van der Waals surface area (Å²) in [5.74, 6) is -0.218. The lowest BCUT2D eigenvalue weighted by Gasteiger charge is -2.24. The molecule has 0 saturated carbocycles. The van der Waals surface area contributed by atoms with Crippen LogP contribution in [0.25, 0.3) is 0 Å². The van der Waals surface area contributed by atoms with Gasteiger partial charge in [-0.15, -0.1) is 13.2 Å². The van der Waals surface area contributed by atoms with E-state index in [9.17, 15) is 13.2 Å². The summed E-state index contributed by atoms with van der Waals surface area (Å²) < 4.78 is 47.0. The molecule has 6 heteroatoms. The zero-order valence-corrected chi connectivity index (χ0v) is 13.5. The van der Waals surface area contributed by atoms with Crippen LogP contribution in [-0.2, 0) is 10.2 Å². The van der Waals surface area contributed by atoms with Gasteiger partial charge in [0.05, 0.1) is 6.10 Å². The molecule has 3 nitrogen and oxygen atoms in total. The molecule has 22 heavy (non-hydrogen) atoms. The van der Waals surface area contributed by atoms with Crippen molar-refractivity contribution in [1.82, 2.24) is 0 Å². The molecular formula is C16H24F3NO2. The van der Waals surface area contributed by atoms with Crippen molar-refractivity contribution in [3.05, 3.63) is 29.3 Å². The van der Waals surface area contributed by atoms with Gasteiger partial charge in [-0.25, -0.2) is 0 Å². The monoisotopic (exact) mass is 319 g/mol. The summed E-state index contributed by atoms with van der Waals surface area (Å²) in [7, 11) is 1.54. The van der Waals surface area contributed by atoms with E-state index in [1.807, 2.05) is 26.8 Å². The lowest BCUT2D eigenvalue weighted by Crippen LogP contribution is -2.19. The van der Waals surface area contributed by atoms with Crippen molar-refractivity contribution >= 4 is 0 Å². The molecule has 0 bridgehead atoms. The molecule has 0 radical (unpaired) electrons. The van der Waals surface area contributed by atoms with Crippen LogP contribution in [0.4, 0.5) is 13.2 Å². The van der Waals surface area contributed by atoms with Gasteiger partial charge in [0.2, 0.25) is 0 Å². The average molecular weight is 319 g/mol. The Morgan fingerprint density at radius 2 is 1.77 bits per heavy atom. The van der Waals surface area contributed by atoms with Crippen molar-refractivity contribution in [3.63, 3.8) is 0 Å². The topological polar surface area (TPSA) is 44.5 Å². The number of methoxy groups -OCH3 is 1. The molecule has 0 aliphatic heterocycles. The van der Waals surface area contributed by atoms with Gasteiger partial charge in [0.1, 0.15) is 5.75 Å². The van der Waals surface area contributed by atoms with Gasteiger partial charge in [0.25, 0.3) is 0 Å². The average Bonchev–Trinajstić information content (AvgIpc) is 2.36. The molecule has 0 aromatic heterocycles. The third kappa shape index (κ3) is 5.85. The molecule has 0 saturated heterocycles. The number of hydrogen-bond acceptors (Lipinski definition) is 3. The smallest absolute Gasteiger partial charge is 0.406 e. The van der Waals surface area contributed by atoms with Crippen LogP contribution in [0, 0.1) is 0 Å². The molecule has 1 aromatic carbocycles. The summed E-state index contributed by atoms with van der Waals surface area (Å²) in [5.41, 5.74) is 6.63. The van der Waals surface area contributed by atoms with Crippen LogP contribution >= 0.6 is 0 Å². The molecule has 0 heterocycles. The fraction of sp³-hybridized carbons (Fsp3) is 0.625. The number of halogens is 3. The molecule has 126 valence electrons. The zero-order valence-electron chi connectivity index (χ0n) is 13.5. The summed E-state index contributed by atoms with van der Waals surface area (Å²) >= 11 is 0. The standard InChI is InChI=1S/C16H24F3NO2/c1-15(2,3)12-8-11(14(21-4)6-5-7-20)9-13(10-12)22-16(17,18)19/h8-10,14H,5-7,20H2,1-4H3. The minimum absolute atomic E-state index is 0.218. The number of ether oxygens (including phenoxy) is 2. The predicted molar refractivity (Wildman–Crippen MR) is 79.9 cm³/mol. The number of alkyl halides is 3. The van der Waals surface area contributed by atoms with Gasteiger partial charge in [-0.3, -0.25) is 0 Å². The highest BCUT2D eigenvalue weighted by molar-refractivity contribution is 5.39. The van der Waals surface area contributed by atoms with Crippen LogP contribution in [0.5, 0.6) is 5.75 Å². The van der Waals surface area contributed by atoms with Crippen molar-refractivity contribution in [2.24, 2.45) is 5.73 Å². The molecule has 0 spiro atoms. The van der Waals surface area contributed by atoms with Crippen LogP contribution in [0.2, 0.25) is 0 Å². The Bertz CT molecular complexity index is 481. The van der Waals surface area contributed by atoms with Crippen molar-refractivity contribution in [2.75, 3.05) is 13.7 Å². The van der Waals surface area contributed by atoms with E-state index in [4.69, 9.17) is 10.5 Å². The first kappa shape index (κ1) is 18.8. The van der Waals surface area contributed by atoms with Gasteiger partial charge in [-0.05, 0) is 48.1 Å². The van der Waals surface area contributed by atoms with Crippen LogP contribution in [0.3, 0.4) is 0 Å². The molecule has 0 aliphatic carbocycles. The molecule has 1 unspecified atom stereocenters. The summed E-state index contributed by atoms with van der Waals surface area (Å²) in [5, 5.41) is 0. The van der Waals surface area contributed by atoms with Gasteiger partial charge < -0.3 is 15.2 Å². The summed E-state index contributed by atoms with van der Waals surface area (Å²) in [6.45, 7) is 6.31. The summed E-state index contributed by atoms with van der Waals surface area (Å²) in [4.78, 5) is 0. The second kappa shape index (κ2) is 7.33. The first-order valence-corrected chi connectivity index (χ1v) is 7.21. The third-order valence-corrected chi connectivity index (χ3v) is 3.36. The zero-order chi connectivity index (χ0) is 17.0. The molecule has 0 aliphatic rings. The Kier molecular flexibility index (Phi) is 6.26. The van der Waals surface area contributed by atoms with Gasteiger partial charge in [-0.1, -0.05) is 26.8 Å². The second-order valence-electron chi connectivity index (χ2n) is 6.24. The van der Waals surface area contributed by atoms with Crippen molar-refractivity contribution in [3.8, 4) is 5.75 Å². The Labute approximate surface area is 129 Å². The van der Waals surface area contributed by atoms with Crippen LogP contribution in [0.1, 0.15) is 50.8 Å². The first-order chi connectivity index (χ1) is 10.1. The van der Waals surface area contributed by atoms with Gasteiger partial charge in [-0.2, -0.15) is 0 Å². The number of nitrogens with two attached hydrogens (primary N) is 1. The molecule has 1 aromatic rings. The number of rotatable bonds is 6. The van der Waals surface area contributed by atoms with E-state index >= 15 is 0 Å². The van der Waals surface area contributed by atoms with Crippen LogP contribution < -0.4 is 10.5 Å². The maximum absolute atomic E-state index is 12.5. The highest BCUT2D eigenvalue weighted by atomic mass is 19.4. The highest BCUT2D eigenvalue weighted by Crippen LogP contribution is 2.34. The summed E-state index contributed by atoms with van der Waals surface area (Å²) in [6.07, 6.45) is -3.64. The first-order valence-electron chi connectivity index (χ1n) is 7.21. The predicted octanol–water partition coefficient (Wildman–Crippen LogP) is 4.31. The van der Waals surface area contributed by atoms with Crippen molar-refractivity contribution in [1.29, 1.82) is 0 Å². The largest absolute Gasteiger partial charge is 0.573 e. The van der Waals surface area contributed by atoms with Crippen LogP contribution in [0.15, 0.2) is 18.2 Å². The molecule has 2 N–H and O–H groups in total. The van der Waals surface area contributed by atoms with Crippen molar-refractivity contribution < 1.29 is 22.6 Å².